The van der Waals surface area contributed by atoms with Gasteiger partial charge in [-0.15, -0.1) is 0 Å². The van der Waals surface area contributed by atoms with Crippen LogP contribution in [0, 0.1) is 5.92 Å². The molecule has 2 atom stereocenters. The predicted octanol–water partition coefficient (Wildman–Crippen LogP) is 3.31. The number of hydrogen-bond acceptors (Lipinski definition) is 6. The van der Waals surface area contributed by atoms with Gasteiger partial charge in [-0.25, -0.2) is 4.79 Å². The molecule has 0 saturated heterocycles. The molecule has 8 nitrogen and oxygen atoms in total. The molecule has 168 valence electrons. The molecule has 0 spiro atoms. The predicted molar refractivity (Wildman–Crippen MR) is 117 cm³/mol. The molecule has 0 aromatic heterocycles. The van der Waals surface area contributed by atoms with Crippen LogP contribution in [0.15, 0.2) is 48.2 Å². The van der Waals surface area contributed by atoms with Crippen molar-refractivity contribution in [1.82, 2.24) is 5.32 Å². The second-order valence-corrected chi connectivity index (χ2v) is 7.43. The average Bonchev–Trinajstić information content (AvgIpc) is 3.10. The summed E-state index contributed by atoms with van der Waals surface area (Å²) in [6.07, 6.45) is 2.25. The van der Waals surface area contributed by atoms with Crippen molar-refractivity contribution in [2.24, 2.45) is 5.92 Å². The van der Waals surface area contributed by atoms with Gasteiger partial charge in [0.15, 0.2) is 12.4 Å². The Morgan fingerprint density at radius 3 is 2.47 bits per heavy atom. The van der Waals surface area contributed by atoms with Crippen LogP contribution < -0.4 is 19.5 Å². The molecule has 1 aliphatic rings. The molecular formula is C24H25NO7. The first-order valence-corrected chi connectivity index (χ1v) is 10.2. The highest BCUT2D eigenvalue weighted by Crippen LogP contribution is 2.35. The molecule has 0 aliphatic carbocycles. The van der Waals surface area contributed by atoms with Gasteiger partial charge >= 0.3 is 5.97 Å². The minimum atomic E-state index is -1.09. The van der Waals surface area contributed by atoms with E-state index < -0.39 is 17.9 Å². The summed E-state index contributed by atoms with van der Waals surface area (Å²) in [7, 11) is 1.58. The minimum Gasteiger partial charge on any atom is -0.497 e. The molecule has 1 unspecified atom stereocenters. The summed E-state index contributed by atoms with van der Waals surface area (Å²) in [5.74, 6) is -0.562. The van der Waals surface area contributed by atoms with Crippen LogP contribution in [0.2, 0.25) is 0 Å². The van der Waals surface area contributed by atoms with Crippen molar-refractivity contribution in [3.8, 4) is 17.2 Å². The number of methoxy groups -OCH3 is 1. The van der Waals surface area contributed by atoms with Crippen molar-refractivity contribution in [2.45, 2.75) is 26.3 Å². The Balaban J connectivity index is 1.64. The lowest BCUT2D eigenvalue weighted by molar-refractivity contribution is -0.143. The number of rotatable bonds is 9. The van der Waals surface area contributed by atoms with E-state index in [-0.39, 0.29) is 24.1 Å². The number of fused-ring (bicyclic) bond motifs is 1. The number of aliphatic carboxylic acids is 1. The number of hydrogen-bond donors (Lipinski definition) is 2. The molecule has 1 amide bonds. The molecular weight excluding hydrogens is 414 g/mol. The Morgan fingerprint density at radius 1 is 1.16 bits per heavy atom. The lowest BCUT2D eigenvalue weighted by atomic mass is 9.99. The second-order valence-electron chi connectivity index (χ2n) is 7.43. The summed E-state index contributed by atoms with van der Waals surface area (Å²) >= 11 is 0. The maximum absolute atomic E-state index is 12.6. The Labute approximate surface area is 185 Å². The maximum atomic E-state index is 12.6. The molecule has 32 heavy (non-hydrogen) atoms. The number of allylic oxidation sites excluding steroid dienone is 1. The van der Waals surface area contributed by atoms with Gasteiger partial charge in [-0.2, -0.15) is 0 Å². The number of carbonyl (C=O) groups is 3. The van der Waals surface area contributed by atoms with E-state index in [1.165, 1.54) is 6.07 Å². The summed E-state index contributed by atoms with van der Waals surface area (Å²) in [5.41, 5.74) is 1.17. The molecule has 0 radical (unpaired) electrons. The van der Waals surface area contributed by atoms with Crippen molar-refractivity contribution >= 4 is 23.7 Å². The van der Waals surface area contributed by atoms with Crippen molar-refractivity contribution in [3.63, 3.8) is 0 Å². The minimum absolute atomic E-state index is 0.179. The van der Waals surface area contributed by atoms with Gasteiger partial charge in [0.05, 0.1) is 12.7 Å². The van der Waals surface area contributed by atoms with Crippen LogP contribution in [0.4, 0.5) is 0 Å². The monoisotopic (exact) mass is 439 g/mol. The fourth-order valence-electron chi connectivity index (χ4n) is 3.16. The van der Waals surface area contributed by atoms with Crippen molar-refractivity contribution in [1.29, 1.82) is 0 Å². The molecule has 0 bridgehead atoms. The number of ketones is 1. The Hall–Kier alpha value is -3.81. The van der Waals surface area contributed by atoms with E-state index in [2.05, 4.69) is 5.32 Å². The zero-order valence-corrected chi connectivity index (χ0v) is 18.1. The van der Waals surface area contributed by atoms with Gasteiger partial charge in [-0.05, 0) is 41.8 Å². The first kappa shape index (κ1) is 22.9. The van der Waals surface area contributed by atoms with Crippen LogP contribution >= 0.6 is 0 Å². The standard InChI is InChI=1S/C24H25NO7/c1-4-14(2)22(24(28)29)25-21(26)13-31-17-9-10-18-19(12-17)32-20(23(18)27)11-15-5-7-16(30-3)8-6-15/h5-12,14,22H,4,13H2,1-3H3,(H,25,26)(H,28,29)/b20-11+/t14?,22-/m0/s1. The number of ether oxygens (including phenoxy) is 3. The van der Waals surface area contributed by atoms with Crippen LogP contribution in [-0.2, 0) is 9.59 Å². The van der Waals surface area contributed by atoms with Crippen LogP contribution in [0.1, 0.15) is 36.2 Å². The van der Waals surface area contributed by atoms with Gasteiger partial charge in [0.1, 0.15) is 23.3 Å². The lowest BCUT2D eigenvalue weighted by Crippen LogP contribution is -2.46. The Bertz CT molecular complexity index is 1040. The molecule has 2 aromatic rings. The smallest absolute Gasteiger partial charge is 0.326 e. The normalized spacial score (nSPS) is 15.5. The number of carboxylic acids is 1. The first-order valence-electron chi connectivity index (χ1n) is 10.2. The van der Waals surface area contributed by atoms with E-state index >= 15 is 0 Å². The number of amides is 1. The van der Waals surface area contributed by atoms with Crippen LogP contribution in [-0.4, -0.2) is 42.5 Å². The molecule has 0 fully saturated rings. The van der Waals surface area contributed by atoms with E-state index in [9.17, 15) is 19.5 Å². The number of nitrogens with one attached hydrogen (secondary N) is 1. The highest BCUT2D eigenvalue weighted by atomic mass is 16.5. The van der Waals surface area contributed by atoms with Gasteiger partial charge in [-0.1, -0.05) is 32.4 Å². The van der Waals surface area contributed by atoms with Gasteiger partial charge in [0.2, 0.25) is 5.78 Å². The second kappa shape index (κ2) is 10.00. The van der Waals surface area contributed by atoms with Crippen LogP contribution in [0.25, 0.3) is 6.08 Å². The van der Waals surface area contributed by atoms with Crippen molar-refractivity contribution in [3.05, 3.63) is 59.4 Å². The number of benzene rings is 2. The molecule has 8 heteroatoms. The summed E-state index contributed by atoms with van der Waals surface area (Å²) < 4.78 is 16.3. The van der Waals surface area contributed by atoms with Crippen molar-refractivity contribution in [2.75, 3.05) is 13.7 Å². The third-order valence-corrected chi connectivity index (χ3v) is 5.22. The van der Waals surface area contributed by atoms with E-state index in [0.717, 1.165) is 5.56 Å². The number of Topliss-reactive ketones (excluding diaryl/α,β-unsaturated/α-hetero) is 1. The zero-order chi connectivity index (χ0) is 23.3. The van der Waals surface area contributed by atoms with Crippen LogP contribution in [0.5, 0.6) is 17.2 Å². The molecule has 2 N–H and O–H groups in total. The van der Waals surface area contributed by atoms with Crippen LogP contribution in [0.3, 0.4) is 0 Å². The van der Waals surface area contributed by atoms with Crippen molar-refractivity contribution < 1.29 is 33.7 Å². The van der Waals surface area contributed by atoms with E-state index in [1.54, 1.807) is 44.4 Å². The number of carbonyl (C=O) groups excluding carboxylic acids is 2. The molecule has 3 rings (SSSR count). The first-order chi connectivity index (χ1) is 15.3. The summed E-state index contributed by atoms with van der Waals surface area (Å²) in [6, 6.07) is 10.9. The fraction of sp³-hybridized carbons (Fsp3) is 0.292. The summed E-state index contributed by atoms with van der Waals surface area (Å²) in [6.45, 7) is 3.25. The highest BCUT2D eigenvalue weighted by Gasteiger charge is 2.28. The largest absolute Gasteiger partial charge is 0.497 e. The summed E-state index contributed by atoms with van der Waals surface area (Å²) in [5, 5.41) is 11.8. The molecule has 1 aliphatic heterocycles. The van der Waals surface area contributed by atoms with E-state index in [1.807, 2.05) is 19.1 Å². The Morgan fingerprint density at radius 2 is 1.84 bits per heavy atom. The highest BCUT2D eigenvalue weighted by molar-refractivity contribution is 6.14. The van der Waals surface area contributed by atoms with E-state index in [4.69, 9.17) is 14.2 Å². The topological polar surface area (TPSA) is 111 Å². The summed E-state index contributed by atoms with van der Waals surface area (Å²) in [4.78, 5) is 36.1. The molecule has 1 heterocycles. The number of carboxylic acid groups (broad SMARTS) is 1. The third-order valence-electron chi connectivity index (χ3n) is 5.22. The third kappa shape index (κ3) is 5.26. The van der Waals surface area contributed by atoms with Gasteiger partial charge in [0, 0.05) is 6.07 Å². The zero-order valence-electron chi connectivity index (χ0n) is 18.1. The quantitative estimate of drug-likeness (QED) is 0.577. The lowest BCUT2D eigenvalue weighted by Gasteiger charge is -2.20. The maximum Gasteiger partial charge on any atom is 0.326 e. The van der Waals surface area contributed by atoms with Gasteiger partial charge in [-0.3, -0.25) is 9.59 Å². The van der Waals surface area contributed by atoms with Gasteiger partial charge in [0.25, 0.3) is 5.91 Å². The fourth-order valence-corrected chi connectivity index (χ4v) is 3.16. The molecule has 0 saturated carbocycles. The SMILES string of the molecule is CCC(C)[C@H](NC(=O)COc1ccc2c(c1)O/C(=C/c1ccc(OC)cc1)C2=O)C(=O)O. The Kier molecular flexibility index (Phi) is 7.14. The molecule has 2 aromatic carbocycles. The van der Waals surface area contributed by atoms with Gasteiger partial charge < -0.3 is 24.6 Å². The average molecular weight is 439 g/mol. The van der Waals surface area contributed by atoms with E-state index in [0.29, 0.717) is 29.2 Å².